The Morgan fingerprint density at radius 2 is 2.14 bits per heavy atom. The van der Waals surface area contributed by atoms with Crippen molar-refractivity contribution in [2.75, 3.05) is 44.0 Å². The predicted octanol–water partition coefficient (Wildman–Crippen LogP) is 2.13. The van der Waals surface area contributed by atoms with Crippen LogP contribution in [0.15, 0.2) is 18.2 Å². The van der Waals surface area contributed by atoms with Gasteiger partial charge in [0.25, 0.3) is 5.91 Å². The van der Waals surface area contributed by atoms with Crippen LogP contribution >= 0.6 is 0 Å². The van der Waals surface area contributed by atoms with Gasteiger partial charge in [-0.25, -0.2) is 0 Å². The van der Waals surface area contributed by atoms with Crippen LogP contribution in [0.2, 0.25) is 0 Å². The molecule has 5 heteroatoms. The molecule has 0 heterocycles. The lowest BCUT2D eigenvalue weighted by molar-refractivity contribution is 0.0956. The standard InChI is InChI=1S/C16H27N3O2/c1-5-18-16(20)14-7-6-13(17)10-15(14)19(8-9-21-4)11-12(2)3/h6-7,10,12H,5,8-9,11,17H2,1-4H3,(H,18,20). The number of nitrogens with one attached hydrogen (secondary N) is 1. The highest BCUT2D eigenvalue weighted by molar-refractivity contribution is 6.00. The van der Waals surface area contributed by atoms with Gasteiger partial charge in [-0.15, -0.1) is 0 Å². The van der Waals surface area contributed by atoms with Crippen molar-refractivity contribution in [3.05, 3.63) is 23.8 Å². The Morgan fingerprint density at radius 1 is 1.43 bits per heavy atom. The van der Waals surface area contributed by atoms with Crippen molar-refractivity contribution in [1.82, 2.24) is 5.32 Å². The topological polar surface area (TPSA) is 67.6 Å². The molecule has 0 saturated carbocycles. The summed E-state index contributed by atoms with van der Waals surface area (Å²) < 4.78 is 5.18. The largest absolute Gasteiger partial charge is 0.399 e. The third kappa shape index (κ3) is 5.27. The van der Waals surface area contributed by atoms with E-state index in [1.807, 2.05) is 13.0 Å². The van der Waals surface area contributed by atoms with Crippen LogP contribution in [0.25, 0.3) is 0 Å². The van der Waals surface area contributed by atoms with E-state index >= 15 is 0 Å². The monoisotopic (exact) mass is 293 g/mol. The van der Waals surface area contributed by atoms with Crippen LogP contribution in [0.1, 0.15) is 31.1 Å². The molecule has 0 aromatic heterocycles. The van der Waals surface area contributed by atoms with E-state index in [4.69, 9.17) is 10.5 Å². The average molecular weight is 293 g/mol. The molecule has 0 spiro atoms. The third-order valence-electron chi connectivity index (χ3n) is 3.10. The van der Waals surface area contributed by atoms with Crippen LogP contribution in [0.5, 0.6) is 0 Å². The first-order chi connectivity index (χ1) is 9.99. The SMILES string of the molecule is CCNC(=O)c1ccc(N)cc1N(CCOC)CC(C)C. The van der Waals surface area contributed by atoms with Gasteiger partial charge in [-0.05, 0) is 31.0 Å². The van der Waals surface area contributed by atoms with Crippen molar-refractivity contribution in [3.63, 3.8) is 0 Å². The lowest BCUT2D eigenvalue weighted by atomic mass is 10.1. The maximum Gasteiger partial charge on any atom is 0.253 e. The van der Waals surface area contributed by atoms with Crippen molar-refractivity contribution in [2.45, 2.75) is 20.8 Å². The van der Waals surface area contributed by atoms with Crippen LogP contribution < -0.4 is 16.0 Å². The lowest BCUT2D eigenvalue weighted by Crippen LogP contribution is -2.34. The fourth-order valence-electron chi connectivity index (χ4n) is 2.21. The zero-order chi connectivity index (χ0) is 15.8. The van der Waals surface area contributed by atoms with Gasteiger partial charge in [0.1, 0.15) is 0 Å². The molecule has 0 aliphatic rings. The summed E-state index contributed by atoms with van der Waals surface area (Å²) in [5.41, 5.74) is 8.09. The Labute approximate surface area is 127 Å². The first kappa shape index (κ1) is 17.3. The number of hydrogen-bond donors (Lipinski definition) is 2. The minimum atomic E-state index is -0.0707. The number of nitrogens with two attached hydrogens (primary N) is 1. The van der Waals surface area contributed by atoms with Gasteiger partial charge in [-0.3, -0.25) is 4.79 Å². The zero-order valence-electron chi connectivity index (χ0n) is 13.5. The summed E-state index contributed by atoms with van der Waals surface area (Å²) in [5.74, 6) is 0.407. The van der Waals surface area contributed by atoms with E-state index in [0.717, 1.165) is 18.8 Å². The molecule has 5 nitrogen and oxygen atoms in total. The molecule has 0 fully saturated rings. The number of carbonyl (C=O) groups excluding carboxylic acids is 1. The van der Waals surface area contributed by atoms with Gasteiger partial charge in [0, 0.05) is 32.4 Å². The highest BCUT2D eigenvalue weighted by Gasteiger charge is 2.17. The number of rotatable bonds is 8. The number of nitrogens with zero attached hydrogens (tertiary/aromatic N) is 1. The van der Waals surface area contributed by atoms with Gasteiger partial charge in [0.2, 0.25) is 0 Å². The van der Waals surface area contributed by atoms with Crippen molar-refractivity contribution in [2.24, 2.45) is 5.92 Å². The average Bonchev–Trinajstić information content (AvgIpc) is 2.43. The predicted molar refractivity (Wildman–Crippen MR) is 87.8 cm³/mol. The van der Waals surface area contributed by atoms with E-state index < -0.39 is 0 Å². The van der Waals surface area contributed by atoms with Crippen molar-refractivity contribution in [1.29, 1.82) is 0 Å². The van der Waals surface area contributed by atoms with Gasteiger partial charge in [0.05, 0.1) is 17.9 Å². The summed E-state index contributed by atoms with van der Waals surface area (Å²) in [4.78, 5) is 14.4. The summed E-state index contributed by atoms with van der Waals surface area (Å²) in [7, 11) is 1.68. The first-order valence-corrected chi connectivity index (χ1v) is 7.41. The molecule has 1 aromatic rings. The van der Waals surface area contributed by atoms with E-state index in [-0.39, 0.29) is 5.91 Å². The normalized spacial score (nSPS) is 10.7. The summed E-state index contributed by atoms with van der Waals surface area (Å²) >= 11 is 0. The summed E-state index contributed by atoms with van der Waals surface area (Å²) in [6.07, 6.45) is 0. The summed E-state index contributed by atoms with van der Waals surface area (Å²) in [6, 6.07) is 5.41. The highest BCUT2D eigenvalue weighted by atomic mass is 16.5. The van der Waals surface area contributed by atoms with Crippen LogP contribution in [0, 0.1) is 5.92 Å². The lowest BCUT2D eigenvalue weighted by Gasteiger charge is -2.28. The van der Waals surface area contributed by atoms with Gasteiger partial charge in [0.15, 0.2) is 0 Å². The molecule has 21 heavy (non-hydrogen) atoms. The van der Waals surface area contributed by atoms with E-state index in [9.17, 15) is 4.79 Å². The molecule has 0 aliphatic heterocycles. The Balaban J connectivity index is 3.13. The number of methoxy groups -OCH3 is 1. The van der Waals surface area contributed by atoms with E-state index in [2.05, 4.69) is 24.1 Å². The van der Waals surface area contributed by atoms with Gasteiger partial charge in [-0.2, -0.15) is 0 Å². The number of anilines is 2. The number of carbonyl (C=O) groups is 1. The molecular formula is C16H27N3O2. The molecule has 118 valence electrons. The quantitative estimate of drug-likeness (QED) is 0.721. The zero-order valence-corrected chi connectivity index (χ0v) is 13.5. The Hall–Kier alpha value is -1.75. The van der Waals surface area contributed by atoms with Gasteiger partial charge in [-0.1, -0.05) is 13.8 Å². The van der Waals surface area contributed by atoms with Crippen LogP contribution in [-0.4, -0.2) is 39.3 Å². The smallest absolute Gasteiger partial charge is 0.253 e. The summed E-state index contributed by atoms with van der Waals surface area (Å²) in [5, 5.41) is 2.85. The number of nitrogen functional groups attached to an aromatic ring is 1. The Morgan fingerprint density at radius 3 is 2.71 bits per heavy atom. The molecular weight excluding hydrogens is 266 g/mol. The van der Waals surface area contributed by atoms with E-state index in [1.54, 1.807) is 19.2 Å². The molecule has 3 N–H and O–H groups in total. The molecule has 1 amide bonds. The van der Waals surface area contributed by atoms with E-state index in [1.165, 1.54) is 0 Å². The summed E-state index contributed by atoms with van der Waals surface area (Å²) in [6.45, 7) is 8.99. The van der Waals surface area contributed by atoms with Crippen LogP contribution in [0.4, 0.5) is 11.4 Å². The number of benzene rings is 1. The molecule has 0 aliphatic carbocycles. The first-order valence-electron chi connectivity index (χ1n) is 7.41. The molecule has 1 aromatic carbocycles. The van der Waals surface area contributed by atoms with Crippen LogP contribution in [0.3, 0.4) is 0 Å². The van der Waals surface area contributed by atoms with E-state index in [0.29, 0.717) is 30.3 Å². The molecule has 0 atom stereocenters. The second-order valence-electron chi connectivity index (χ2n) is 5.47. The molecule has 1 rings (SSSR count). The second-order valence-corrected chi connectivity index (χ2v) is 5.47. The third-order valence-corrected chi connectivity index (χ3v) is 3.10. The van der Waals surface area contributed by atoms with Crippen molar-refractivity contribution >= 4 is 17.3 Å². The number of hydrogen-bond acceptors (Lipinski definition) is 4. The van der Waals surface area contributed by atoms with Crippen molar-refractivity contribution < 1.29 is 9.53 Å². The minimum absolute atomic E-state index is 0.0707. The highest BCUT2D eigenvalue weighted by Crippen LogP contribution is 2.24. The number of ether oxygens (including phenoxy) is 1. The van der Waals surface area contributed by atoms with Gasteiger partial charge < -0.3 is 20.7 Å². The Bertz CT molecular complexity index is 461. The fraction of sp³-hybridized carbons (Fsp3) is 0.562. The fourth-order valence-corrected chi connectivity index (χ4v) is 2.21. The Kier molecular flexibility index (Phi) is 7.02. The molecule has 0 saturated heterocycles. The maximum absolute atomic E-state index is 12.2. The number of amides is 1. The van der Waals surface area contributed by atoms with Gasteiger partial charge >= 0.3 is 0 Å². The second kappa shape index (κ2) is 8.52. The molecule has 0 unspecified atom stereocenters. The van der Waals surface area contributed by atoms with Crippen LogP contribution in [-0.2, 0) is 4.74 Å². The maximum atomic E-state index is 12.2. The molecule has 0 bridgehead atoms. The van der Waals surface area contributed by atoms with Crippen molar-refractivity contribution in [3.8, 4) is 0 Å². The molecule has 0 radical (unpaired) electrons. The minimum Gasteiger partial charge on any atom is -0.399 e.